The van der Waals surface area contributed by atoms with Gasteiger partial charge in [-0.2, -0.15) is 0 Å². The third-order valence-corrected chi connectivity index (χ3v) is 6.45. The summed E-state index contributed by atoms with van der Waals surface area (Å²) in [6.45, 7) is 3.89. The highest BCUT2D eigenvalue weighted by atomic mass is 32.2. The van der Waals surface area contributed by atoms with E-state index in [0.717, 1.165) is 36.6 Å². The topological polar surface area (TPSA) is 43.8 Å². The molecule has 0 spiro atoms. The van der Waals surface area contributed by atoms with E-state index in [4.69, 9.17) is 5.11 Å². The second kappa shape index (κ2) is 9.94. The summed E-state index contributed by atoms with van der Waals surface area (Å²) in [5.74, 6) is -0.793. The molecule has 5 heteroatoms. The Bertz CT molecular complexity index is 918. The first-order valence-corrected chi connectivity index (χ1v) is 11.0. The Labute approximate surface area is 182 Å². The summed E-state index contributed by atoms with van der Waals surface area (Å²) in [5.41, 5.74) is 3.50. The van der Waals surface area contributed by atoms with Crippen LogP contribution in [0.1, 0.15) is 22.7 Å². The lowest BCUT2D eigenvalue weighted by Crippen LogP contribution is -2.45. The Balaban J connectivity index is 1.43. The van der Waals surface area contributed by atoms with Crippen LogP contribution in [-0.4, -0.2) is 46.5 Å². The van der Waals surface area contributed by atoms with Crippen LogP contribution in [0, 0.1) is 0 Å². The molecule has 1 aliphatic heterocycles. The molecule has 1 fully saturated rings. The molecule has 1 heterocycles. The van der Waals surface area contributed by atoms with Crippen LogP contribution in [0.3, 0.4) is 0 Å². The number of rotatable bonds is 7. The van der Waals surface area contributed by atoms with Crippen LogP contribution in [0.5, 0.6) is 0 Å². The third-order valence-electron chi connectivity index (χ3n) is 5.36. The molecular formula is C25H26N2O2S. The Morgan fingerprint density at radius 1 is 0.833 bits per heavy atom. The molecule has 0 unspecified atom stereocenters. The molecule has 3 aromatic rings. The zero-order valence-corrected chi connectivity index (χ0v) is 17.7. The first-order valence-electron chi connectivity index (χ1n) is 10.3. The average molecular weight is 419 g/mol. The Kier molecular flexibility index (Phi) is 6.84. The molecule has 154 valence electrons. The number of aliphatic carboxylic acids is 1. The zero-order valence-electron chi connectivity index (χ0n) is 16.9. The predicted octanol–water partition coefficient (Wildman–Crippen LogP) is 4.73. The maximum absolute atomic E-state index is 11.0. The van der Waals surface area contributed by atoms with Gasteiger partial charge in [0.2, 0.25) is 0 Å². The van der Waals surface area contributed by atoms with E-state index < -0.39 is 5.97 Å². The second-order valence-corrected chi connectivity index (χ2v) is 8.67. The molecule has 1 saturated heterocycles. The van der Waals surface area contributed by atoms with Crippen LogP contribution in [0.2, 0.25) is 0 Å². The molecular weight excluding hydrogens is 392 g/mol. The van der Waals surface area contributed by atoms with Crippen molar-refractivity contribution in [1.82, 2.24) is 9.21 Å². The van der Waals surface area contributed by atoms with Crippen molar-refractivity contribution in [2.45, 2.75) is 17.4 Å². The smallest absolute Gasteiger partial charge is 0.307 e. The molecule has 0 saturated carbocycles. The molecule has 1 aliphatic rings. The van der Waals surface area contributed by atoms with Gasteiger partial charge in [-0.1, -0.05) is 72.8 Å². The highest BCUT2D eigenvalue weighted by Gasteiger charge is 2.26. The molecule has 4 nitrogen and oxygen atoms in total. The monoisotopic (exact) mass is 418 g/mol. The van der Waals surface area contributed by atoms with Crippen LogP contribution in [0.4, 0.5) is 0 Å². The van der Waals surface area contributed by atoms with Gasteiger partial charge in [-0.15, -0.1) is 0 Å². The van der Waals surface area contributed by atoms with Gasteiger partial charge in [0.1, 0.15) is 0 Å². The molecule has 0 aromatic heterocycles. The number of benzene rings is 3. The number of carboxylic acids is 1. The van der Waals surface area contributed by atoms with Crippen LogP contribution in [-0.2, 0) is 11.2 Å². The van der Waals surface area contributed by atoms with Gasteiger partial charge in [0, 0.05) is 31.1 Å². The zero-order chi connectivity index (χ0) is 20.8. The number of hydrogen-bond donors (Lipinski definition) is 1. The van der Waals surface area contributed by atoms with Crippen molar-refractivity contribution < 1.29 is 9.90 Å². The SMILES string of the molecule is O=C(O)Cc1cccc(SN2CCN(C(c3ccccc3)c3ccccc3)CC2)c1. The van der Waals surface area contributed by atoms with Crippen molar-refractivity contribution in [2.24, 2.45) is 0 Å². The van der Waals surface area contributed by atoms with Crippen molar-refractivity contribution >= 4 is 17.9 Å². The van der Waals surface area contributed by atoms with Gasteiger partial charge in [-0.05, 0) is 40.8 Å². The Hall–Kier alpha value is -2.60. The molecule has 0 amide bonds. The van der Waals surface area contributed by atoms with Gasteiger partial charge in [-0.3, -0.25) is 9.69 Å². The molecule has 0 radical (unpaired) electrons. The minimum absolute atomic E-state index is 0.0675. The normalized spacial score (nSPS) is 15.4. The van der Waals surface area contributed by atoms with Gasteiger partial charge < -0.3 is 5.11 Å². The average Bonchev–Trinajstić information content (AvgIpc) is 2.77. The van der Waals surface area contributed by atoms with E-state index in [0.29, 0.717) is 0 Å². The Morgan fingerprint density at radius 3 is 2.00 bits per heavy atom. The third kappa shape index (κ3) is 5.30. The highest BCUT2D eigenvalue weighted by Crippen LogP contribution is 2.31. The lowest BCUT2D eigenvalue weighted by molar-refractivity contribution is -0.136. The molecule has 0 aliphatic carbocycles. The quantitative estimate of drug-likeness (QED) is 0.562. The minimum atomic E-state index is -0.793. The molecule has 4 rings (SSSR count). The van der Waals surface area contributed by atoms with Crippen molar-refractivity contribution in [3.05, 3.63) is 102 Å². The first-order chi connectivity index (χ1) is 14.7. The molecule has 1 N–H and O–H groups in total. The first kappa shape index (κ1) is 20.7. The highest BCUT2D eigenvalue weighted by molar-refractivity contribution is 7.97. The summed E-state index contributed by atoms with van der Waals surface area (Å²) in [5, 5.41) is 9.03. The van der Waals surface area contributed by atoms with Crippen molar-refractivity contribution in [2.75, 3.05) is 26.2 Å². The maximum Gasteiger partial charge on any atom is 0.307 e. The largest absolute Gasteiger partial charge is 0.481 e. The molecule has 0 atom stereocenters. The maximum atomic E-state index is 11.0. The summed E-state index contributed by atoms with van der Waals surface area (Å²) in [4.78, 5) is 14.6. The number of nitrogens with zero attached hydrogens (tertiary/aromatic N) is 2. The van der Waals surface area contributed by atoms with Crippen LogP contribution >= 0.6 is 11.9 Å². The van der Waals surface area contributed by atoms with E-state index in [-0.39, 0.29) is 12.5 Å². The van der Waals surface area contributed by atoms with Gasteiger partial charge >= 0.3 is 5.97 Å². The van der Waals surface area contributed by atoms with Crippen molar-refractivity contribution in [1.29, 1.82) is 0 Å². The van der Waals surface area contributed by atoms with Gasteiger partial charge in [0.15, 0.2) is 0 Å². The fraction of sp³-hybridized carbons (Fsp3) is 0.240. The van der Waals surface area contributed by atoms with Crippen molar-refractivity contribution in [3.63, 3.8) is 0 Å². The van der Waals surface area contributed by atoms with E-state index in [1.165, 1.54) is 11.1 Å². The molecule has 3 aromatic carbocycles. The lowest BCUT2D eigenvalue weighted by Gasteiger charge is -2.39. The molecule has 0 bridgehead atoms. The second-order valence-electron chi connectivity index (χ2n) is 7.50. The summed E-state index contributed by atoms with van der Waals surface area (Å²) in [6, 6.07) is 29.6. The number of hydrogen-bond acceptors (Lipinski definition) is 4. The van der Waals surface area contributed by atoms with E-state index in [2.05, 4.69) is 75.9 Å². The van der Waals surface area contributed by atoms with E-state index in [1.807, 2.05) is 18.2 Å². The van der Waals surface area contributed by atoms with Gasteiger partial charge in [0.25, 0.3) is 0 Å². The van der Waals surface area contributed by atoms with E-state index in [9.17, 15) is 4.79 Å². The number of carbonyl (C=O) groups is 1. The van der Waals surface area contributed by atoms with Crippen LogP contribution in [0.25, 0.3) is 0 Å². The minimum Gasteiger partial charge on any atom is -0.481 e. The lowest BCUT2D eigenvalue weighted by atomic mass is 9.96. The van der Waals surface area contributed by atoms with Crippen molar-refractivity contribution in [3.8, 4) is 0 Å². The van der Waals surface area contributed by atoms with E-state index in [1.54, 1.807) is 11.9 Å². The summed E-state index contributed by atoms with van der Waals surface area (Å²) in [6.07, 6.45) is 0.0675. The summed E-state index contributed by atoms with van der Waals surface area (Å²) >= 11 is 1.72. The predicted molar refractivity (Wildman–Crippen MR) is 122 cm³/mol. The number of piperazine rings is 1. The fourth-order valence-corrected chi connectivity index (χ4v) is 4.96. The summed E-state index contributed by atoms with van der Waals surface area (Å²) in [7, 11) is 0. The molecule has 30 heavy (non-hydrogen) atoms. The van der Waals surface area contributed by atoms with Gasteiger partial charge in [0.05, 0.1) is 12.5 Å². The van der Waals surface area contributed by atoms with E-state index >= 15 is 0 Å². The van der Waals surface area contributed by atoms with Crippen LogP contribution in [0.15, 0.2) is 89.8 Å². The fourth-order valence-electron chi connectivity index (χ4n) is 3.97. The van der Waals surface area contributed by atoms with Crippen LogP contribution < -0.4 is 0 Å². The number of carboxylic acid groups (broad SMARTS) is 1. The van der Waals surface area contributed by atoms with Gasteiger partial charge in [-0.25, -0.2) is 4.31 Å². The Morgan fingerprint density at radius 2 is 1.43 bits per heavy atom. The standard InChI is InChI=1S/C25H26N2O2S/c28-24(29)19-20-8-7-13-23(18-20)30-27-16-14-26(15-17-27)25(21-9-3-1-4-10-21)22-11-5-2-6-12-22/h1-13,18,25H,14-17,19H2,(H,28,29). The summed E-state index contributed by atoms with van der Waals surface area (Å²) < 4.78 is 2.38.